The summed E-state index contributed by atoms with van der Waals surface area (Å²) >= 11 is 0. The van der Waals surface area contributed by atoms with Gasteiger partial charge in [-0.2, -0.15) is 5.10 Å². The summed E-state index contributed by atoms with van der Waals surface area (Å²) in [7, 11) is 0. The molecular weight excluding hydrogens is 238 g/mol. The Kier molecular flexibility index (Phi) is 4.00. The van der Waals surface area contributed by atoms with Gasteiger partial charge in [0.2, 0.25) is 0 Å². The Hall–Kier alpha value is -2.10. The molecule has 0 radical (unpaired) electrons. The summed E-state index contributed by atoms with van der Waals surface area (Å²) in [6.07, 6.45) is 0.392. The van der Waals surface area contributed by atoms with E-state index in [1.807, 2.05) is 45.0 Å². The number of H-pyrrole nitrogens is 1. The fraction of sp³-hybridized carbons (Fsp3) is 0.333. The van der Waals surface area contributed by atoms with E-state index in [0.29, 0.717) is 24.0 Å². The average molecular weight is 257 g/mol. The number of carbonyl (C=O) groups excluding carboxylic acids is 1. The van der Waals surface area contributed by atoms with Crippen molar-refractivity contribution in [3.63, 3.8) is 0 Å². The fourth-order valence-corrected chi connectivity index (χ4v) is 1.82. The summed E-state index contributed by atoms with van der Waals surface area (Å²) in [6.45, 7) is 6.09. The highest BCUT2D eigenvalue weighted by Gasteiger charge is 2.11. The van der Waals surface area contributed by atoms with Gasteiger partial charge < -0.3 is 5.32 Å². The molecule has 2 aromatic rings. The molecule has 100 valence electrons. The van der Waals surface area contributed by atoms with Gasteiger partial charge in [-0.25, -0.2) is 0 Å². The lowest BCUT2D eigenvalue weighted by molar-refractivity contribution is 0.0988. The van der Waals surface area contributed by atoms with Crippen LogP contribution in [0.15, 0.2) is 30.3 Å². The maximum atomic E-state index is 12.1. The highest BCUT2D eigenvalue weighted by molar-refractivity contribution is 5.96. The molecule has 4 heteroatoms. The van der Waals surface area contributed by atoms with E-state index in [9.17, 15) is 4.79 Å². The number of carbonyl (C=O) groups is 1. The summed E-state index contributed by atoms with van der Waals surface area (Å²) in [4.78, 5) is 12.1. The van der Waals surface area contributed by atoms with E-state index in [1.54, 1.807) is 6.07 Å². The second-order valence-electron chi connectivity index (χ2n) is 5.05. The highest BCUT2D eigenvalue weighted by Crippen LogP contribution is 2.11. The Morgan fingerprint density at radius 3 is 2.63 bits per heavy atom. The Morgan fingerprint density at radius 2 is 2.00 bits per heavy atom. The molecule has 1 aromatic heterocycles. The van der Waals surface area contributed by atoms with Gasteiger partial charge >= 0.3 is 0 Å². The SMILES string of the molecule is Cc1ccc(CC(=O)c2cc(NC(C)C)n[nH]2)cc1. The van der Waals surface area contributed by atoms with Crippen molar-refractivity contribution in [2.45, 2.75) is 33.2 Å². The first kappa shape index (κ1) is 13.3. The van der Waals surface area contributed by atoms with Crippen molar-refractivity contribution in [3.05, 3.63) is 47.2 Å². The van der Waals surface area contributed by atoms with Crippen molar-refractivity contribution in [1.82, 2.24) is 10.2 Å². The lowest BCUT2D eigenvalue weighted by Gasteiger charge is -2.04. The zero-order chi connectivity index (χ0) is 13.8. The molecular formula is C15H19N3O. The molecule has 2 N–H and O–H groups in total. The fourth-order valence-electron chi connectivity index (χ4n) is 1.82. The van der Waals surface area contributed by atoms with Crippen molar-refractivity contribution < 1.29 is 4.79 Å². The summed E-state index contributed by atoms with van der Waals surface area (Å²) in [5.41, 5.74) is 2.76. The maximum Gasteiger partial charge on any atom is 0.185 e. The van der Waals surface area contributed by atoms with E-state index in [-0.39, 0.29) is 5.78 Å². The van der Waals surface area contributed by atoms with Gasteiger partial charge in [-0.05, 0) is 26.3 Å². The van der Waals surface area contributed by atoms with Crippen LogP contribution in [-0.4, -0.2) is 22.0 Å². The van der Waals surface area contributed by atoms with E-state index in [4.69, 9.17) is 0 Å². The van der Waals surface area contributed by atoms with Gasteiger partial charge in [0.15, 0.2) is 5.78 Å². The second kappa shape index (κ2) is 5.69. The van der Waals surface area contributed by atoms with Gasteiger partial charge in [0.05, 0.1) is 0 Å². The van der Waals surface area contributed by atoms with Gasteiger partial charge in [0, 0.05) is 18.5 Å². The van der Waals surface area contributed by atoms with Crippen LogP contribution in [0.1, 0.15) is 35.5 Å². The number of nitrogens with one attached hydrogen (secondary N) is 2. The molecule has 0 amide bonds. The summed E-state index contributed by atoms with van der Waals surface area (Å²) in [5.74, 6) is 0.760. The van der Waals surface area contributed by atoms with E-state index >= 15 is 0 Å². The molecule has 0 aliphatic heterocycles. The largest absolute Gasteiger partial charge is 0.366 e. The molecule has 0 bridgehead atoms. The number of hydrogen-bond donors (Lipinski definition) is 2. The third-order valence-electron chi connectivity index (χ3n) is 2.80. The molecule has 0 atom stereocenters. The van der Waals surface area contributed by atoms with Gasteiger partial charge in [0.25, 0.3) is 0 Å². The molecule has 1 heterocycles. The van der Waals surface area contributed by atoms with Crippen LogP contribution in [0, 0.1) is 6.92 Å². The Bertz CT molecular complexity index is 555. The molecule has 0 aliphatic carbocycles. The zero-order valence-electron chi connectivity index (χ0n) is 11.5. The van der Waals surface area contributed by atoms with Crippen molar-refractivity contribution in [1.29, 1.82) is 0 Å². The number of aromatic amines is 1. The maximum absolute atomic E-state index is 12.1. The van der Waals surface area contributed by atoms with Crippen molar-refractivity contribution in [2.24, 2.45) is 0 Å². The van der Waals surface area contributed by atoms with Crippen LogP contribution in [-0.2, 0) is 6.42 Å². The first-order chi connectivity index (χ1) is 9.04. The predicted molar refractivity (Wildman–Crippen MR) is 76.6 cm³/mol. The van der Waals surface area contributed by atoms with Crippen molar-refractivity contribution in [2.75, 3.05) is 5.32 Å². The molecule has 2 rings (SSSR count). The number of aromatic nitrogens is 2. The lowest BCUT2D eigenvalue weighted by Crippen LogP contribution is -2.09. The molecule has 19 heavy (non-hydrogen) atoms. The number of ketones is 1. The minimum Gasteiger partial charge on any atom is -0.366 e. The van der Waals surface area contributed by atoms with E-state index in [0.717, 1.165) is 5.56 Å². The standard InChI is InChI=1S/C15H19N3O/c1-10(2)16-15-9-13(17-18-15)14(19)8-12-6-4-11(3)5-7-12/h4-7,9-10H,8H2,1-3H3,(H2,16,17,18). The minimum absolute atomic E-state index is 0.0492. The minimum atomic E-state index is 0.0492. The Labute approximate surface area is 113 Å². The average Bonchev–Trinajstić information content (AvgIpc) is 2.80. The van der Waals surface area contributed by atoms with E-state index in [2.05, 4.69) is 15.5 Å². The van der Waals surface area contributed by atoms with Crippen LogP contribution < -0.4 is 5.32 Å². The molecule has 1 aromatic carbocycles. The van der Waals surface area contributed by atoms with E-state index < -0.39 is 0 Å². The molecule has 0 spiro atoms. The summed E-state index contributed by atoms with van der Waals surface area (Å²) in [5, 5.41) is 10.0. The Balaban J connectivity index is 2.03. The number of nitrogens with zero attached hydrogens (tertiary/aromatic N) is 1. The third kappa shape index (κ3) is 3.68. The number of benzene rings is 1. The molecule has 0 aliphatic rings. The molecule has 0 fully saturated rings. The molecule has 0 unspecified atom stereocenters. The van der Waals surface area contributed by atoms with Crippen LogP contribution in [0.3, 0.4) is 0 Å². The first-order valence-electron chi connectivity index (χ1n) is 6.45. The van der Waals surface area contributed by atoms with Gasteiger partial charge in [-0.15, -0.1) is 0 Å². The monoisotopic (exact) mass is 257 g/mol. The number of rotatable bonds is 5. The van der Waals surface area contributed by atoms with Crippen LogP contribution in [0.4, 0.5) is 5.82 Å². The number of aryl methyl sites for hydroxylation is 1. The van der Waals surface area contributed by atoms with Gasteiger partial charge in [0.1, 0.15) is 11.5 Å². The second-order valence-corrected chi connectivity index (χ2v) is 5.05. The molecule has 0 saturated heterocycles. The number of hydrogen-bond acceptors (Lipinski definition) is 3. The van der Waals surface area contributed by atoms with Crippen molar-refractivity contribution in [3.8, 4) is 0 Å². The van der Waals surface area contributed by atoms with Crippen molar-refractivity contribution >= 4 is 11.6 Å². The van der Waals surface area contributed by atoms with Crippen LogP contribution >= 0.6 is 0 Å². The number of anilines is 1. The summed E-state index contributed by atoms with van der Waals surface area (Å²) < 4.78 is 0. The van der Waals surface area contributed by atoms with Crippen LogP contribution in [0.25, 0.3) is 0 Å². The van der Waals surface area contributed by atoms with E-state index in [1.165, 1.54) is 5.56 Å². The third-order valence-corrected chi connectivity index (χ3v) is 2.80. The van der Waals surface area contributed by atoms with Gasteiger partial charge in [-0.3, -0.25) is 9.89 Å². The number of Topliss-reactive ketones (excluding diaryl/α,β-unsaturated/α-hetero) is 1. The zero-order valence-corrected chi connectivity index (χ0v) is 11.5. The summed E-state index contributed by atoms with van der Waals surface area (Å²) in [6, 6.07) is 10.1. The Morgan fingerprint density at radius 1 is 1.32 bits per heavy atom. The molecule has 0 saturated carbocycles. The molecule has 4 nitrogen and oxygen atoms in total. The van der Waals surface area contributed by atoms with Crippen LogP contribution in [0.2, 0.25) is 0 Å². The van der Waals surface area contributed by atoms with Gasteiger partial charge in [-0.1, -0.05) is 29.8 Å². The highest BCUT2D eigenvalue weighted by atomic mass is 16.1. The lowest BCUT2D eigenvalue weighted by atomic mass is 10.1. The quantitative estimate of drug-likeness (QED) is 0.810. The van der Waals surface area contributed by atoms with Crippen LogP contribution in [0.5, 0.6) is 0 Å². The topological polar surface area (TPSA) is 57.8 Å². The normalized spacial score (nSPS) is 10.7. The predicted octanol–water partition coefficient (Wildman–Crippen LogP) is 2.96. The smallest absolute Gasteiger partial charge is 0.185 e. The first-order valence-corrected chi connectivity index (χ1v) is 6.45.